The van der Waals surface area contributed by atoms with Crippen LogP contribution in [-0.2, 0) is 24.7 Å². The second kappa shape index (κ2) is 15.9. The number of aromatic amines is 3. The SMILES string of the molecule is CC(C)(C)c1ccc(CNC(=O)Nc2cccc3[nH]c(=O)[nH]c23)c(N2CCCC2)c1.O=C(NCc1ccc(C(F)(F)F)cc1)Nc1cccc2oc(=O)[nH]c12. The minimum atomic E-state index is -4.40. The summed E-state index contributed by atoms with van der Waals surface area (Å²) in [5, 5.41) is 10.9. The Bertz CT molecular complexity index is 2420. The fourth-order valence-electron chi connectivity index (χ4n) is 6.17. The molecule has 0 radical (unpaired) electrons. The Hall–Kier alpha value is -6.45. The van der Waals surface area contributed by atoms with Crippen LogP contribution in [0.4, 0.5) is 39.8 Å². The standard InChI is InChI=1S/C23H29N5O2.C16H12F3N3O3/c1-23(2,3)16-10-9-15(19(13-16)28-11-4-5-12-28)14-24-21(29)25-17-7-6-8-18-20(17)27-22(30)26-18;17-16(18,19)10-6-4-9(5-7-10)8-20-14(23)21-11-2-1-3-12-13(11)22-15(24)25-12/h6-10,13H,4-5,11-12,14H2,1-3H3,(H2,24,25,29)(H2,26,27,30);1-7H,8H2,(H,22,24)(H2,20,21,23). The van der Waals surface area contributed by atoms with E-state index < -0.39 is 23.5 Å². The highest BCUT2D eigenvalue weighted by molar-refractivity contribution is 5.99. The number of amides is 4. The third kappa shape index (κ3) is 9.57. The monoisotopic (exact) mass is 758 g/mol. The molecule has 1 fully saturated rings. The molecule has 0 atom stereocenters. The molecule has 0 bridgehead atoms. The van der Waals surface area contributed by atoms with E-state index in [0.29, 0.717) is 45.6 Å². The number of hydrogen-bond acceptors (Lipinski definition) is 6. The molecule has 0 spiro atoms. The van der Waals surface area contributed by atoms with Crippen LogP contribution in [-0.4, -0.2) is 40.1 Å². The molecule has 0 saturated carbocycles. The molecule has 13 nitrogen and oxygen atoms in total. The number of urea groups is 2. The molecular weight excluding hydrogens is 717 g/mol. The van der Waals surface area contributed by atoms with Gasteiger partial charge in [-0.05, 0) is 77.4 Å². The summed E-state index contributed by atoms with van der Waals surface area (Å²) in [6.45, 7) is 9.23. The number of carbonyl (C=O) groups excluding carboxylic acids is 2. The summed E-state index contributed by atoms with van der Waals surface area (Å²) in [6.07, 6.45) is -2.00. The van der Waals surface area contributed by atoms with Crippen molar-refractivity contribution in [3.05, 3.63) is 122 Å². The number of hydrogen-bond donors (Lipinski definition) is 7. The lowest BCUT2D eigenvalue weighted by molar-refractivity contribution is -0.137. The highest BCUT2D eigenvalue weighted by Gasteiger charge is 2.30. The molecule has 1 saturated heterocycles. The summed E-state index contributed by atoms with van der Waals surface area (Å²) < 4.78 is 42.4. The summed E-state index contributed by atoms with van der Waals surface area (Å²) >= 11 is 0. The molecular formula is C39H41F3N8O5. The first-order valence-corrected chi connectivity index (χ1v) is 17.6. The molecule has 2 aromatic heterocycles. The van der Waals surface area contributed by atoms with Gasteiger partial charge in [0.15, 0.2) is 5.58 Å². The van der Waals surface area contributed by atoms with Crippen molar-refractivity contribution < 1.29 is 27.2 Å². The maximum absolute atomic E-state index is 12.6. The van der Waals surface area contributed by atoms with E-state index in [-0.39, 0.29) is 23.7 Å². The molecule has 0 unspecified atom stereocenters. The van der Waals surface area contributed by atoms with E-state index in [9.17, 15) is 32.3 Å². The van der Waals surface area contributed by atoms with Crippen molar-refractivity contribution in [2.75, 3.05) is 28.6 Å². The number of oxazole rings is 1. The van der Waals surface area contributed by atoms with Crippen LogP contribution in [0, 0.1) is 0 Å². The van der Waals surface area contributed by atoms with E-state index >= 15 is 0 Å². The lowest BCUT2D eigenvalue weighted by atomic mass is 9.86. The fourth-order valence-corrected chi connectivity index (χ4v) is 6.17. The molecule has 0 aliphatic carbocycles. The van der Waals surface area contributed by atoms with Crippen molar-refractivity contribution in [2.45, 2.75) is 58.3 Å². The first-order valence-electron chi connectivity index (χ1n) is 17.6. The highest BCUT2D eigenvalue weighted by Crippen LogP contribution is 2.32. The fraction of sp³-hybridized carbons (Fsp3) is 0.282. The minimum Gasteiger partial charge on any atom is -0.408 e. The Morgan fingerprint density at radius 1 is 0.745 bits per heavy atom. The largest absolute Gasteiger partial charge is 0.417 e. The number of nitrogens with one attached hydrogen (secondary N) is 7. The van der Waals surface area contributed by atoms with E-state index in [0.717, 1.165) is 30.8 Å². The Morgan fingerprint density at radius 3 is 2.02 bits per heavy atom. The van der Waals surface area contributed by atoms with Crippen molar-refractivity contribution in [3.63, 3.8) is 0 Å². The van der Waals surface area contributed by atoms with Crippen LogP contribution < -0.4 is 37.6 Å². The van der Waals surface area contributed by atoms with Gasteiger partial charge in [-0.15, -0.1) is 0 Å². The zero-order valence-corrected chi connectivity index (χ0v) is 30.4. The quantitative estimate of drug-likeness (QED) is 0.0884. The first kappa shape index (κ1) is 38.3. The summed E-state index contributed by atoms with van der Waals surface area (Å²) in [5.41, 5.74) is 5.93. The van der Waals surface area contributed by atoms with Gasteiger partial charge in [-0.1, -0.05) is 57.2 Å². The van der Waals surface area contributed by atoms with Crippen LogP contribution >= 0.6 is 0 Å². The number of nitrogens with zero attached hydrogens (tertiary/aromatic N) is 1. The van der Waals surface area contributed by atoms with Gasteiger partial charge in [0, 0.05) is 31.9 Å². The maximum atomic E-state index is 12.6. The van der Waals surface area contributed by atoms with Crippen LogP contribution in [0.5, 0.6) is 0 Å². The maximum Gasteiger partial charge on any atom is 0.417 e. The average Bonchev–Trinajstić information content (AvgIpc) is 3.90. The molecule has 7 rings (SSSR count). The van der Waals surface area contributed by atoms with Gasteiger partial charge in [0.2, 0.25) is 0 Å². The Labute approximate surface area is 312 Å². The van der Waals surface area contributed by atoms with Gasteiger partial charge in [0.1, 0.15) is 5.52 Å². The van der Waals surface area contributed by atoms with Gasteiger partial charge in [0.25, 0.3) is 0 Å². The number of rotatable bonds is 7. The smallest absolute Gasteiger partial charge is 0.408 e. The second-order valence-corrected chi connectivity index (χ2v) is 14.1. The van der Waals surface area contributed by atoms with E-state index in [1.807, 2.05) is 0 Å². The van der Waals surface area contributed by atoms with Gasteiger partial charge >= 0.3 is 29.7 Å². The number of fused-ring (bicyclic) bond motifs is 2. The summed E-state index contributed by atoms with van der Waals surface area (Å²) in [6, 6.07) is 20.2. The Balaban J connectivity index is 0.000000190. The molecule has 6 aromatic rings. The van der Waals surface area contributed by atoms with Crippen LogP contribution in [0.15, 0.2) is 92.9 Å². The van der Waals surface area contributed by atoms with Crippen molar-refractivity contribution in [2.24, 2.45) is 0 Å². The van der Waals surface area contributed by atoms with Crippen molar-refractivity contribution in [1.29, 1.82) is 0 Å². The van der Waals surface area contributed by atoms with E-state index in [2.05, 4.69) is 80.1 Å². The normalized spacial score (nSPS) is 13.0. The molecule has 3 heterocycles. The number of imidazole rings is 1. The lowest BCUT2D eigenvalue weighted by Gasteiger charge is -2.26. The van der Waals surface area contributed by atoms with Crippen LogP contribution in [0.25, 0.3) is 22.1 Å². The van der Waals surface area contributed by atoms with Crippen LogP contribution in [0.1, 0.15) is 55.9 Å². The number of H-pyrrole nitrogens is 3. The van der Waals surface area contributed by atoms with E-state index in [1.54, 1.807) is 36.4 Å². The first-order chi connectivity index (χ1) is 26.1. The molecule has 288 valence electrons. The molecule has 55 heavy (non-hydrogen) atoms. The zero-order chi connectivity index (χ0) is 39.3. The molecule has 4 aromatic carbocycles. The van der Waals surface area contributed by atoms with Crippen molar-refractivity contribution in [3.8, 4) is 0 Å². The number of halogens is 3. The number of para-hydroxylation sites is 2. The van der Waals surface area contributed by atoms with Gasteiger partial charge in [-0.3, -0.25) is 4.98 Å². The van der Waals surface area contributed by atoms with Gasteiger partial charge in [-0.25, -0.2) is 19.2 Å². The molecule has 16 heteroatoms. The summed E-state index contributed by atoms with van der Waals surface area (Å²) in [5.74, 6) is -0.644. The number of anilines is 3. The number of alkyl halides is 3. The predicted molar refractivity (Wildman–Crippen MR) is 206 cm³/mol. The Morgan fingerprint density at radius 2 is 1.36 bits per heavy atom. The number of aromatic nitrogens is 3. The van der Waals surface area contributed by atoms with Gasteiger partial charge in [0.05, 0.1) is 28.0 Å². The van der Waals surface area contributed by atoms with E-state index in [1.165, 1.54) is 36.2 Å². The highest BCUT2D eigenvalue weighted by atomic mass is 19.4. The Kier molecular flexibility index (Phi) is 11.1. The lowest BCUT2D eigenvalue weighted by Crippen LogP contribution is -2.30. The van der Waals surface area contributed by atoms with E-state index in [4.69, 9.17) is 4.42 Å². The number of carbonyl (C=O) groups is 2. The summed E-state index contributed by atoms with van der Waals surface area (Å²) in [4.78, 5) is 57.5. The van der Waals surface area contributed by atoms with Crippen molar-refractivity contribution >= 4 is 51.3 Å². The molecule has 1 aliphatic heterocycles. The minimum absolute atomic E-state index is 0.0435. The number of benzene rings is 4. The predicted octanol–water partition coefficient (Wildman–Crippen LogP) is 7.54. The van der Waals surface area contributed by atoms with Crippen molar-refractivity contribution in [1.82, 2.24) is 25.6 Å². The van der Waals surface area contributed by atoms with Gasteiger partial charge < -0.3 is 40.6 Å². The second-order valence-electron chi connectivity index (χ2n) is 14.1. The third-order valence-corrected chi connectivity index (χ3v) is 9.08. The van der Waals surface area contributed by atoms with Crippen LogP contribution in [0.3, 0.4) is 0 Å². The van der Waals surface area contributed by atoms with Gasteiger partial charge in [-0.2, -0.15) is 13.2 Å². The van der Waals surface area contributed by atoms with Crippen LogP contribution in [0.2, 0.25) is 0 Å². The molecule has 7 N–H and O–H groups in total. The third-order valence-electron chi connectivity index (χ3n) is 9.08. The molecule has 1 aliphatic rings. The topological polar surface area (TPSA) is 180 Å². The molecule has 4 amide bonds. The zero-order valence-electron chi connectivity index (χ0n) is 30.4. The average molecular weight is 759 g/mol. The summed E-state index contributed by atoms with van der Waals surface area (Å²) in [7, 11) is 0.